The SMILES string of the molecule is OC(CSc1ccccc1)CN1CCCCC1. The van der Waals surface area contributed by atoms with E-state index in [4.69, 9.17) is 0 Å². The van der Waals surface area contributed by atoms with E-state index in [1.807, 2.05) is 18.2 Å². The summed E-state index contributed by atoms with van der Waals surface area (Å²) in [5.41, 5.74) is 0. The van der Waals surface area contributed by atoms with Crippen LogP contribution in [0, 0.1) is 0 Å². The van der Waals surface area contributed by atoms with E-state index < -0.39 is 0 Å². The number of β-amino-alcohol motifs (C(OH)–C–C–N with tert-alkyl or cyclic N) is 1. The number of likely N-dealkylation sites (tertiary alicyclic amines) is 1. The van der Waals surface area contributed by atoms with Gasteiger partial charge in [0.1, 0.15) is 0 Å². The molecule has 0 aromatic heterocycles. The zero-order chi connectivity index (χ0) is 11.9. The number of piperidine rings is 1. The third kappa shape index (κ3) is 4.70. The van der Waals surface area contributed by atoms with Gasteiger partial charge in [-0.15, -0.1) is 11.8 Å². The average Bonchev–Trinajstić information content (AvgIpc) is 2.39. The minimum atomic E-state index is -0.210. The Kier molecular flexibility index (Phi) is 5.36. The van der Waals surface area contributed by atoms with Gasteiger partial charge in [0.25, 0.3) is 0 Å². The molecule has 1 unspecified atom stereocenters. The van der Waals surface area contributed by atoms with Crippen LogP contribution in [0.5, 0.6) is 0 Å². The molecule has 17 heavy (non-hydrogen) atoms. The van der Waals surface area contributed by atoms with E-state index in [0.717, 1.165) is 25.4 Å². The third-order valence-electron chi connectivity index (χ3n) is 3.10. The van der Waals surface area contributed by atoms with Crippen LogP contribution < -0.4 is 0 Å². The van der Waals surface area contributed by atoms with Crippen LogP contribution in [0.3, 0.4) is 0 Å². The van der Waals surface area contributed by atoms with Crippen LogP contribution in [-0.4, -0.2) is 41.5 Å². The van der Waals surface area contributed by atoms with Crippen molar-refractivity contribution < 1.29 is 5.11 Å². The normalized spacial score (nSPS) is 19.1. The molecule has 1 N–H and O–H groups in total. The summed E-state index contributed by atoms with van der Waals surface area (Å²) in [5, 5.41) is 10.0. The highest BCUT2D eigenvalue weighted by Crippen LogP contribution is 2.18. The Balaban J connectivity index is 1.68. The molecule has 3 heteroatoms. The third-order valence-corrected chi connectivity index (χ3v) is 4.26. The number of nitrogens with zero attached hydrogens (tertiary/aromatic N) is 1. The van der Waals surface area contributed by atoms with Crippen LogP contribution in [0.4, 0.5) is 0 Å². The second-order valence-electron chi connectivity index (χ2n) is 4.64. The zero-order valence-electron chi connectivity index (χ0n) is 10.2. The van der Waals surface area contributed by atoms with Gasteiger partial charge in [0.05, 0.1) is 6.10 Å². The smallest absolute Gasteiger partial charge is 0.0760 e. The fourth-order valence-corrected chi connectivity index (χ4v) is 3.04. The lowest BCUT2D eigenvalue weighted by Gasteiger charge is -2.28. The number of benzene rings is 1. The van der Waals surface area contributed by atoms with E-state index in [1.165, 1.54) is 24.2 Å². The molecule has 0 aliphatic carbocycles. The number of aliphatic hydroxyl groups excluding tert-OH is 1. The maximum Gasteiger partial charge on any atom is 0.0760 e. The zero-order valence-corrected chi connectivity index (χ0v) is 11.0. The van der Waals surface area contributed by atoms with Gasteiger partial charge in [0, 0.05) is 17.2 Å². The number of rotatable bonds is 5. The van der Waals surface area contributed by atoms with Gasteiger partial charge in [-0.3, -0.25) is 0 Å². The molecule has 1 aromatic carbocycles. The summed E-state index contributed by atoms with van der Waals surface area (Å²) in [6, 6.07) is 10.3. The lowest BCUT2D eigenvalue weighted by atomic mass is 10.1. The average molecular weight is 251 g/mol. The van der Waals surface area contributed by atoms with Crippen LogP contribution in [0.1, 0.15) is 19.3 Å². The topological polar surface area (TPSA) is 23.5 Å². The highest BCUT2D eigenvalue weighted by molar-refractivity contribution is 7.99. The first-order valence-electron chi connectivity index (χ1n) is 6.43. The van der Waals surface area contributed by atoms with Gasteiger partial charge >= 0.3 is 0 Å². The van der Waals surface area contributed by atoms with Gasteiger partial charge in [0.15, 0.2) is 0 Å². The Labute approximate surface area is 108 Å². The number of thioether (sulfide) groups is 1. The van der Waals surface area contributed by atoms with Gasteiger partial charge in [-0.2, -0.15) is 0 Å². The molecule has 1 aromatic rings. The summed E-state index contributed by atoms with van der Waals surface area (Å²) in [6.45, 7) is 3.15. The quantitative estimate of drug-likeness (QED) is 0.814. The first-order valence-corrected chi connectivity index (χ1v) is 7.41. The van der Waals surface area contributed by atoms with Gasteiger partial charge in [-0.25, -0.2) is 0 Å². The van der Waals surface area contributed by atoms with E-state index >= 15 is 0 Å². The van der Waals surface area contributed by atoms with Crippen LogP contribution in [0.15, 0.2) is 35.2 Å². The maximum absolute atomic E-state index is 10.0. The Hall–Kier alpha value is -0.510. The van der Waals surface area contributed by atoms with Gasteiger partial charge < -0.3 is 10.0 Å². The summed E-state index contributed by atoms with van der Waals surface area (Å²) >= 11 is 1.74. The van der Waals surface area contributed by atoms with Crippen molar-refractivity contribution in [1.29, 1.82) is 0 Å². The Morgan fingerprint density at radius 1 is 1.12 bits per heavy atom. The molecule has 94 valence electrons. The van der Waals surface area contributed by atoms with Crippen molar-refractivity contribution in [1.82, 2.24) is 4.90 Å². The summed E-state index contributed by atoms with van der Waals surface area (Å²) in [7, 11) is 0. The van der Waals surface area contributed by atoms with E-state index in [9.17, 15) is 5.11 Å². The molecule has 0 saturated carbocycles. The molecule has 0 spiro atoms. The minimum Gasteiger partial charge on any atom is -0.391 e. The van der Waals surface area contributed by atoms with E-state index in [1.54, 1.807) is 11.8 Å². The number of hydrogen-bond donors (Lipinski definition) is 1. The largest absolute Gasteiger partial charge is 0.391 e. The monoisotopic (exact) mass is 251 g/mol. The van der Waals surface area contributed by atoms with Crippen LogP contribution in [0.25, 0.3) is 0 Å². The van der Waals surface area contributed by atoms with Gasteiger partial charge in [-0.05, 0) is 38.1 Å². The predicted molar refractivity (Wildman–Crippen MR) is 73.5 cm³/mol. The molecule has 1 aliphatic rings. The van der Waals surface area contributed by atoms with Crippen molar-refractivity contribution in [3.05, 3.63) is 30.3 Å². The molecule has 2 rings (SSSR count). The van der Waals surface area contributed by atoms with E-state index in [2.05, 4.69) is 17.0 Å². The molecule has 0 amide bonds. The first kappa shape index (κ1) is 12.9. The predicted octanol–water partition coefficient (Wildman–Crippen LogP) is 2.63. The van der Waals surface area contributed by atoms with Crippen LogP contribution in [0.2, 0.25) is 0 Å². The first-order chi connectivity index (χ1) is 8.34. The number of hydrogen-bond acceptors (Lipinski definition) is 3. The molecule has 1 fully saturated rings. The second kappa shape index (κ2) is 7.04. The van der Waals surface area contributed by atoms with Crippen molar-refractivity contribution in [3.63, 3.8) is 0 Å². The molecular weight excluding hydrogens is 230 g/mol. The molecule has 2 nitrogen and oxygen atoms in total. The van der Waals surface area contributed by atoms with Crippen molar-refractivity contribution in [2.75, 3.05) is 25.4 Å². The molecule has 1 heterocycles. The summed E-state index contributed by atoms with van der Waals surface area (Å²) in [6.07, 6.45) is 3.72. The molecule has 1 aliphatic heterocycles. The molecule has 1 saturated heterocycles. The van der Waals surface area contributed by atoms with Gasteiger partial charge in [0.2, 0.25) is 0 Å². The highest BCUT2D eigenvalue weighted by Gasteiger charge is 2.14. The Morgan fingerprint density at radius 2 is 1.82 bits per heavy atom. The Bertz CT molecular complexity index is 311. The molecule has 0 radical (unpaired) electrons. The van der Waals surface area contributed by atoms with Crippen molar-refractivity contribution in [3.8, 4) is 0 Å². The number of aliphatic hydroxyl groups is 1. The fourth-order valence-electron chi connectivity index (χ4n) is 2.20. The van der Waals surface area contributed by atoms with E-state index in [-0.39, 0.29) is 6.10 Å². The highest BCUT2D eigenvalue weighted by atomic mass is 32.2. The van der Waals surface area contributed by atoms with Crippen molar-refractivity contribution in [2.24, 2.45) is 0 Å². The van der Waals surface area contributed by atoms with E-state index in [0.29, 0.717) is 0 Å². The van der Waals surface area contributed by atoms with Gasteiger partial charge in [-0.1, -0.05) is 24.6 Å². The maximum atomic E-state index is 10.0. The minimum absolute atomic E-state index is 0.210. The Morgan fingerprint density at radius 3 is 2.53 bits per heavy atom. The fraction of sp³-hybridized carbons (Fsp3) is 0.571. The lowest BCUT2D eigenvalue weighted by molar-refractivity contribution is 0.117. The summed E-state index contributed by atoms with van der Waals surface area (Å²) in [4.78, 5) is 3.63. The van der Waals surface area contributed by atoms with Crippen LogP contribution in [-0.2, 0) is 0 Å². The molecule has 0 bridgehead atoms. The second-order valence-corrected chi connectivity index (χ2v) is 5.73. The summed E-state index contributed by atoms with van der Waals surface area (Å²) in [5.74, 6) is 0.792. The molecular formula is C14H21NOS. The van der Waals surface area contributed by atoms with Crippen molar-refractivity contribution in [2.45, 2.75) is 30.3 Å². The van der Waals surface area contributed by atoms with Crippen LogP contribution >= 0.6 is 11.8 Å². The molecule has 1 atom stereocenters. The van der Waals surface area contributed by atoms with Crippen molar-refractivity contribution >= 4 is 11.8 Å². The standard InChI is InChI=1S/C14H21NOS/c16-13(11-15-9-5-2-6-10-15)12-17-14-7-3-1-4-8-14/h1,3-4,7-8,13,16H,2,5-6,9-12H2. The lowest BCUT2D eigenvalue weighted by Crippen LogP contribution is -2.37. The summed E-state index contributed by atoms with van der Waals surface area (Å²) < 4.78 is 0.